The Bertz CT molecular complexity index is 675. The van der Waals surface area contributed by atoms with Crippen LogP contribution in [0, 0.1) is 5.41 Å². The van der Waals surface area contributed by atoms with Crippen molar-refractivity contribution < 1.29 is 5.11 Å². The molecule has 0 heterocycles. The molecule has 5 heteroatoms. The molecule has 0 atom stereocenters. The first kappa shape index (κ1) is 14.8. The Balaban J connectivity index is 2.19. The number of hydrogen-bond donors (Lipinski definition) is 5. The highest BCUT2D eigenvalue weighted by molar-refractivity contribution is 5.95. The Morgan fingerprint density at radius 2 is 1.71 bits per heavy atom. The number of aromatic hydroxyl groups is 1. The van der Waals surface area contributed by atoms with Crippen molar-refractivity contribution in [3.63, 3.8) is 0 Å². The van der Waals surface area contributed by atoms with E-state index in [2.05, 4.69) is 0 Å². The smallest absolute Gasteiger partial charge is 0.123 e. The van der Waals surface area contributed by atoms with Gasteiger partial charge >= 0.3 is 0 Å². The Morgan fingerprint density at radius 1 is 1.05 bits per heavy atom. The largest absolute Gasteiger partial charge is 0.507 e. The minimum Gasteiger partial charge on any atom is -0.507 e. The number of nitrogen functional groups attached to an aromatic ring is 1. The van der Waals surface area contributed by atoms with E-state index in [9.17, 15) is 5.11 Å². The summed E-state index contributed by atoms with van der Waals surface area (Å²) in [6.45, 7) is 0. The standard InChI is InChI=1S/C16H18N4O/c17-15(18)12-5-2-10(3-6-12)1-4-11-7-8-13(16(19)20)9-14(11)21/h1-9,15,21H,17-18H2,(H3,19,20)/b4-1+. The molecule has 2 rings (SSSR count). The molecule has 0 unspecified atom stereocenters. The molecule has 0 bridgehead atoms. The topological polar surface area (TPSA) is 122 Å². The van der Waals surface area contributed by atoms with Gasteiger partial charge in [0.25, 0.3) is 0 Å². The van der Waals surface area contributed by atoms with E-state index in [1.54, 1.807) is 18.2 Å². The molecule has 5 nitrogen and oxygen atoms in total. The Morgan fingerprint density at radius 3 is 2.24 bits per heavy atom. The van der Waals surface area contributed by atoms with Crippen LogP contribution in [0.5, 0.6) is 5.75 Å². The van der Waals surface area contributed by atoms with Crippen molar-refractivity contribution >= 4 is 18.0 Å². The zero-order valence-corrected chi connectivity index (χ0v) is 11.5. The fourth-order valence-electron chi connectivity index (χ4n) is 1.87. The van der Waals surface area contributed by atoms with Crippen LogP contribution in [0.2, 0.25) is 0 Å². The fraction of sp³-hybridized carbons (Fsp3) is 0.0625. The van der Waals surface area contributed by atoms with Gasteiger partial charge in [0.1, 0.15) is 11.6 Å². The minimum atomic E-state index is -0.480. The molecule has 2 aromatic rings. The molecule has 8 N–H and O–H groups in total. The van der Waals surface area contributed by atoms with Gasteiger partial charge in [-0.2, -0.15) is 0 Å². The molecule has 2 aromatic carbocycles. The van der Waals surface area contributed by atoms with Crippen LogP contribution >= 0.6 is 0 Å². The van der Waals surface area contributed by atoms with E-state index in [0.717, 1.165) is 11.1 Å². The lowest BCUT2D eigenvalue weighted by Crippen LogP contribution is -2.19. The van der Waals surface area contributed by atoms with Crippen LogP contribution in [0.4, 0.5) is 0 Å². The third-order valence-electron chi connectivity index (χ3n) is 3.12. The lowest BCUT2D eigenvalue weighted by molar-refractivity contribution is 0.474. The van der Waals surface area contributed by atoms with Gasteiger partial charge in [-0.15, -0.1) is 0 Å². The predicted octanol–water partition coefficient (Wildman–Crippen LogP) is 1.76. The Hall–Kier alpha value is -2.63. The highest BCUT2D eigenvalue weighted by atomic mass is 16.3. The summed E-state index contributed by atoms with van der Waals surface area (Å²) in [4.78, 5) is 0. The van der Waals surface area contributed by atoms with Crippen molar-refractivity contribution in [2.45, 2.75) is 6.17 Å². The highest BCUT2D eigenvalue weighted by Crippen LogP contribution is 2.21. The van der Waals surface area contributed by atoms with Gasteiger partial charge < -0.3 is 22.3 Å². The van der Waals surface area contributed by atoms with E-state index < -0.39 is 6.17 Å². The monoisotopic (exact) mass is 282 g/mol. The van der Waals surface area contributed by atoms with E-state index in [1.165, 1.54) is 6.07 Å². The fourth-order valence-corrected chi connectivity index (χ4v) is 1.87. The van der Waals surface area contributed by atoms with Gasteiger partial charge in [-0.1, -0.05) is 48.6 Å². The second-order valence-electron chi connectivity index (χ2n) is 4.71. The van der Waals surface area contributed by atoms with Gasteiger partial charge in [0.05, 0.1) is 6.17 Å². The van der Waals surface area contributed by atoms with E-state index in [4.69, 9.17) is 22.6 Å². The van der Waals surface area contributed by atoms with Crippen LogP contribution in [0.15, 0.2) is 42.5 Å². The van der Waals surface area contributed by atoms with Crippen molar-refractivity contribution in [3.8, 4) is 5.75 Å². The SMILES string of the molecule is N=C(N)c1ccc(/C=C/c2ccc(C(N)N)cc2)c(O)c1. The summed E-state index contributed by atoms with van der Waals surface area (Å²) in [5, 5.41) is 17.2. The summed E-state index contributed by atoms with van der Waals surface area (Å²) in [5.74, 6) is 0.00842. The molecule has 0 aromatic heterocycles. The minimum absolute atomic E-state index is 0.0745. The van der Waals surface area contributed by atoms with Crippen molar-refractivity contribution in [2.75, 3.05) is 0 Å². The first-order valence-corrected chi connectivity index (χ1v) is 6.44. The number of rotatable bonds is 4. The number of nitrogens with two attached hydrogens (primary N) is 3. The molecule has 0 aliphatic rings. The average molecular weight is 282 g/mol. The summed E-state index contributed by atoms with van der Waals surface area (Å²) in [6, 6.07) is 12.4. The number of phenolic OH excluding ortho intramolecular Hbond substituents is 1. The van der Waals surface area contributed by atoms with Crippen LogP contribution < -0.4 is 17.2 Å². The van der Waals surface area contributed by atoms with E-state index in [-0.39, 0.29) is 11.6 Å². The molecule has 0 spiro atoms. The molecular formula is C16H18N4O. The van der Waals surface area contributed by atoms with Crippen molar-refractivity contribution in [3.05, 3.63) is 64.7 Å². The van der Waals surface area contributed by atoms with Crippen molar-refractivity contribution in [1.82, 2.24) is 0 Å². The number of amidine groups is 1. The van der Waals surface area contributed by atoms with Crippen LogP contribution in [0.25, 0.3) is 12.2 Å². The molecule has 0 amide bonds. The maximum absolute atomic E-state index is 9.90. The summed E-state index contributed by atoms with van der Waals surface area (Å²) in [5.41, 5.74) is 19.5. The third kappa shape index (κ3) is 3.68. The number of hydrogen-bond acceptors (Lipinski definition) is 4. The number of phenols is 1. The predicted molar refractivity (Wildman–Crippen MR) is 85.6 cm³/mol. The summed E-state index contributed by atoms with van der Waals surface area (Å²) < 4.78 is 0. The quantitative estimate of drug-likeness (QED) is 0.254. The van der Waals surface area contributed by atoms with Crippen LogP contribution in [-0.2, 0) is 0 Å². The molecule has 108 valence electrons. The van der Waals surface area contributed by atoms with Gasteiger partial charge in [-0.3, -0.25) is 5.41 Å². The lowest BCUT2D eigenvalue weighted by atomic mass is 10.1. The van der Waals surface area contributed by atoms with Crippen LogP contribution in [0.3, 0.4) is 0 Å². The van der Waals surface area contributed by atoms with Gasteiger partial charge in [0, 0.05) is 11.1 Å². The first-order chi connectivity index (χ1) is 9.97. The molecule has 21 heavy (non-hydrogen) atoms. The summed E-state index contributed by atoms with van der Waals surface area (Å²) >= 11 is 0. The maximum Gasteiger partial charge on any atom is 0.123 e. The first-order valence-electron chi connectivity index (χ1n) is 6.44. The third-order valence-corrected chi connectivity index (χ3v) is 3.12. The molecule has 0 fully saturated rings. The second-order valence-corrected chi connectivity index (χ2v) is 4.71. The molecule has 0 saturated carbocycles. The Kier molecular flexibility index (Phi) is 4.37. The zero-order chi connectivity index (χ0) is 15.4. The van der Waals surface area contributed by atoms with E-state index >= 15 is 0 Å². The average Bonchev–Trinajstić information content (AvgIpc) is 2.46. The lowest BCUT2D eigenvalue weighted by Gasteiger charge is -2.05. The zero-order valence-electron chi connectivity index (χ0n) is 11.5. The number of benzene rings is 2. The molecule has 0 aliphatic carbocycles. The van der Waals surface area contributed by atoms with Gasteiger partial charge in [-0.25, -0.2) is 0 Å². The highest BCUT2D eigenvalue weighted by Gasteiger charge is 2.02. The normalized spacial score (nSPS) is 11.2. The van der Waals surface area contributed by atoms with Crippen molar-refractivity contribution in [1.29, 1.82) is 5.41 Å². The maximum atomic E-state index is 9.90. The van der Waals surface area contributed by atoms with Gasteiger partial charge in [-0.05, 0) is 17.2 Å². The van der Waals surface area contributed by atoms with Gasteiger partial charge in [0.15, 0.2) is 0 Å². The van der Waals surface area contributed by atoms with Gasteiger partial charge in [0.2, 0.25) is 0 Å². The summed E-state index contributed by atoms with van der Waals surface area (Å²) in [7, 11) is 0. The summed E-state index contributed by atoms with van der Waals surface area (Å²) in [6.07, 6.45) is 3.18. The van der Waals surface area contributed by atoms with Crippen LogP contribution in [0.1, 0.15) is 28.4 Å². The molecule has 0 radical (unpaired) electrons. The van der Waals surface area contributed by atoms with E-state index in [0.29, 0.717) is 11.1 Å². The molecular weight excluding hydrogens is 264 g/mol. The molecule has 0 aliphatic heterocycles. The number of nitrogens with one attached hydrogen (secondary N) is 1. The molecule has 0 saturated heterocycles. The van der Waals surface area contributed by atoms with Crippen LogP contribution in [-0.4, -0.2) is 10.9 Å². The Labute approximate surface area is 123 Å². The van der Waals surface area contributed by atoms with E-state index in [1.807, 2.05) is 30.3 Å². The second kappa shape index (κ2) is 6.21. The van der Waals surface area contributed by atoms with Crippen molar-refractivity contribution in [2.24, 2.45) is 17.2 Å².